The molecule has 7 nitrogen and oxygen atoms in total. The third-order valence-corrected chi connectivity index (χ3v) is 6.17. The lowest BCUT2D eigenvalue weighted by molar-refractivity contribution is -0.144. The molecular formula is C31H45N3O4. The van der Waals surface area contributed by atoms with E-state index < -0.39 is 23.8 Å². The fourth-order valence-corrected chi connectivity index (χ4v) is 4.32. The number of alkyl carbamates (subject to hydrolysis) is 1. The molecule has 2 atom stereocenters. The highest BCUT2D eigenvalue weighted by atomic mass is 16.6. The molecule has 0 fully saturated rings. The third-order valence-electron chi connectivity index (χ3n) is 6.17. The minimum Gasteiger partial charge on any atom is -0.444 e. The summed E-state index contributed by atoms with van der Waals surface area (Å²) in [5.74, 6) is -0.573. The number of ether oxygens (including phenoxy) is 1. The molecule has 2 aromatic carbocycles. The van der Waals surface area contributed by atoms with Crippen LogP contribution in [0.25, 0.3) is 0 Å². The first-order valence-corrected chi connectivity index (χ1v) is 13.5. The van der Waals surface area contributed by atoms with Gasteiger partial charge in [-0.1, -0.05) is 67.4 Å². The van der Waals surface area contributed by atoms with Crippen LogP contribution in [0.2, 0.25) is 0 Å². The van der Waals surface area contributed by atoms with Crippen LogP contribution in [0.3, 0.4) is 0 Å². The van der Waals surface area contributed by atoms with Crippen LogP contribution in [-0.4, -0.2) is 47.0 Å². The van der Waals surface area contributed by atoms with Crippen LogP contribution in [0.15, 0.2) is 48.5 Å². The Bertz CT molecular complexity index is 1080. The molecule has 0 aliphatic rings. The number of unbranched alkanes of at least 4 members (excludes halogenated alkanes) is 1. The van der Waals surface area contributed by atoms with E-state index in [-0.39, 0.29) is 24.3 Å². The highest BCUT2D eigenvalue weighted by Gasteiger charge is 2.38. The molecule has 7 heteroatoms. The Morgan fingerprint density at radius 3 is 2.24 bits per heavy atom. The van der Waals surface area contributed by atoms with Crippen LogP contribution in [0.5, 0.6) is 0 Å². The Hall–Kier alpha value is -3.35. The summed E-state index contributed by atoms with van der Waals surface area (Å²) < 4.78 is 5.49. The maximum atomic E-state index is 14.3. The summed E-state index contributed by atoms with van der Waals surface area (Å²) in [5.41, 5.74) is 2.87. The number of hydrogen-bond donors (Lipinski definition) is 2. The second-order valence-corrected chi connectivity index (χ2v) is 11.1. The molecule has 2 rings (SSSR count). The molecule has 0 aliphatic carbocycles. The summed E-state index contributed by atoms with van der Waals surface area (Å²) in [7, 11) is 0. The second-order valence-electron chi connectivity index (χ2n) is 11.1. The van der Waals surface area contributed by atoms with Crippen molar-refractivity contribution in [3.8, 4) is 0 Å². The summed E-state index contributed by atoms with van der Waals surface area (Å²) in [6, 6.07) is 13.4. The summed E-state index contributed by atoms with van der Waals surface area (Å²) in [5, 5.41) is 5.83. The van der Waals surface area contributed by atoms with Crippen molar-refractivity contribution in [3.63, 3.8) is 0 Å². The van der Waals surface area contributed by atoms with Gasteiger partial charge in [0, 0.05) is 19.0 Å². The van der Waals surface area contributed by atoms with Crippen molar-refractivity contribution in [1.82, 2.24) is 15.5 Å². The minimum absolute atomic E-state index is 0.232. The summed E-state index contributed by atoms with van der Waals surface area (Å²) in [6.45, 7) is 15.6. The predicted molar refractivity (Wildman–Crippen MR) is 152 cm³/mol. The van der Waals surface area contributed by atoms with Crippen LogP contribution in [0.1, 0.15) is 82.7 Å². The van der Waals surface area contributed by atoms with Gasteiger partial charge in [0.2, 0.25) is 11.8 Å². The Morgan fingerprint density at radius 1 is 1.00 bits per heavy atom. The van der Waals surface area contributed by atoms with Crippen LogP contribution < -0.4 is 10.6 Å². The van der Waals surface area contributed by atoms with E-state index in [1.165, 1.54) is 0 Å². The van der Waals surface area contributed by atoms with E-state index in [1.807, 2.05) is 76.2 Å². The van der Waals surface area contributed by atoms with Crippen molar-refractivity contribution >= 4 is 17.9 Å². The molecule has 208 valence electrons. The number of hydrogen-bond acceptors (Lipinski definition) is 4. The van der Waals surface area contributed by atoms with Gasteiger partial charge in [-0.2, -0.15) is 0 Å². The Labute approximate surface area is 228 Å². The molecule has 0 aliphatic heterocycles. The zero-order valence-corrected chi connectivity index (χ0v) is 24.3. The largest absolute Gasteiger partial charge is 0.444 e. The van der Waals surface area contributed by atoms with Gasteiger partial charge < -0.3 is 20.3 Å². The predicted octanol–water partition coefficient (Wildman–Crippen LogP) is 5.63. The third kappa shape index (κ3) is 9.19. The number of carbonyl (C=O) groups is 3. The van der Waals surface area contributed by atoms with E-state index >= 15 is 0 Å². The molecule has 3 amide bonds. The monoisotopic (exact) mass is 523 g/mol. The van der Waals surface area contributed by atoms with Gasteiger partial charge in [-0.05, 0) is 71.6 Å². The Morgan fingerprint density at radius 2 is 1.66 bits per heavy atom. The lowest BCUT2D eigenvalue weighted by Gasteiger charge is -2.38. The lowest BCUT2D eigenvalue weighted by Crippen LogP contribution is -2.55. The van der Waals surface area contributed by atoms with Gasteiger partial charge in [0.05, 0.1) is 0 Å². The number of benzene rings is 2. The van der Waals surface area contributed by atoms with Crippen LogP contribution in [-0.2, 0) is 20.7 Å². The summed E-state index contributed by atoms with van der Waals surface area (Å²) >= 11 is 0. The van der Waals surface area contributed by atoms with Crippen molar-refractivity contribution in [1.29, 1.82) is 0 Å². The van der Waals surface area contributed by atoms with Crippen molar-refractivity contribution in [3.05, 3.63) is 70.8 Å². The first-order valence-electron chi connectivity index (χ1n) is 13.5. The SMILES string of the molecule is CCCCNC(=O)C(c1cc(C)ccc1C)N(C(=O)C(Cc1ccccc1)NC(=O)OC(C)(C)C)C(C)C. The van der Waals surface area contributed by atoms with E-state index in [4.69, 9.17) is 4.74 Å². The molecule has 2 N–H and O–H groups in total. The van der Waals surface area contributed by atoms with Crippen LogP contribution in [0, 0.1) is 13.8 Å². The summed E-state index contributed by atoms with van der Waals surface area (Å²) in [4.78, 5) is 42.4. The molecule has 0 aromatic heterocycles. The fraction of sp³-hybridized carbons (Fsp3) is 0.516. The minimum atomic E-state index is -0.925. The molecule has 0 spiro atoms. The van der Waals surface area contributed by atoms with Crippen molar-refractivity contribution in [2.24, 2.45) is 0 Å². The fourth-order valence-electron chi connectivity index (χ4n) is 4.32. The number of aryl methyl sites for hydroxylation is 2. The normalized spacial score (nSPS) is 13.0. The lowest BCUT2D eigenvalue weighted by atomic mass is 9.94. The van der Waals surface area contributed by atoms with Gasteiger partial charge in [0.15, 0.2) is 0 Å². The Kier molecular flexibility index (Phi) is 11.4. The molecule has 0 saturated heterocycles. The molecule has 2 unspecified atom stereocenters. The highest BCUT2D eigenvalue weighted by molar-refractivity contribution is 5.92. The van der Waals surface area contributed by atoms with Gasteiger partial charge in [0.1, 0.15) is 17.7 Å². The van der Waals surface area contributed by atoms with Crippen molar-refractivity contribution in [2.45, 2.75) is 98.4 Å². The van der Waals surface area contributed by atoms with Crippen LogP contribution >= 0.6 is 0 Å². The molecule has 0 heterocycles. The van der Waals surface area contributed by atoms with Crippen LogP contribution in [0.4, 0.5) is 4.79 Å². The first-order chi connectivity index (χ1) is 17.8. The number of rotatable bonds is 11. The number of nitrogens with zero attached hydrogens (tertiary/aromatic N) is 1. The van der Waals surface area contributed by atoms with Gasteiger partial charge >= 0.3 is 6.09 Å². The quantitative estimate of drug-likeness (QED) is 0.374. The standard InChI is InChI=1S/C31H45N3O4/c1-9-10-18-32-28(35)27(25-19-22(4)16-17-23(25)5)34(21(2)3)29(36)26(20-24-14-12-11-13-15-24)33-30(37)38-31(6,7)8/h11-17,19,21,26-27H,9-10,18,20H2,1-8H3,(H,32,35)(H,33,37). The first kappa shape index (κ1) is 30.9. The van der Waals surface area contributed by atoms with Gasteiger partial charge in [-0.3, -0.25) is 9.59 Å². The average Bonchev–Trinajstić information content (AvgIpc) is 2.82. The van der Waals surface area contributed by atoms with Gasteiger partial charge in [0.25, 0.3) is 0 Å². The molecule has 38 heavy (non-hydrogen) atoms. The zero-order valence-electron chi connectivity index (χ0n) is 24.3. The summed E-state index contributed by atoms with van der Waals surface area (Å²) in [6.07, 6.45) is 1.38. The molecular weight excluding hydrogens is 478 g/mol. The topological polar surface area (TPSA) is 87.7 Å². The van der Waals surface area contributed by atoms with E-state index in [9.17, 15) is 14.4 Å². The van der Waals surface area contributed by atoms with E-state index in [0.29, 0.717) is 6.54 Å². The Balaban J connectivity index is 2.55. The maximum Gasteiger partial charge on any atom is 0.408 e. The van der Waals surface area contributed by atoms with E-state index in [1.54, 1.807) is 25.7 Å². The molecule has 0 bridgehead atoms. The molecule has 0 radical (unpaired) electrons. The second kappa shape index (κ2) is 14.0. The van der Waals surface area contributed by atoms with Crippen molar-refractivity contribution < 1.29 is 19.1 Å². The number of carbonyl (C=O) groups excluding carboxylic acids is 3. The average molecular weight is 524 g/mol. The smallest absolute Gasteiger partial charge is 0.408 e. The number of nitrogens with one attached hydrogen (secondary N) is 2. The van der Waals surface area contributed by atoms with Crippen molar-refractivity contribution in [2.75, 3.05) is 6.54 Å². The number of amides is 3. The van der Waals surface area contributed by atoms with Gasteiger partial charge in [-0.25, -0.2) is 4.79 Å². The van der Waals surface area contributed by atoms with E-state index in [0.717, 1.165) is 35.1 Å². The zero-order chi connectivity index (χ0) is 28.5. The molecule has 0 saturated carbocycles. The van der Waals surface area contributed by atoms with E-state index in [2.05, 4.69) is 17.6 Å². The van der Waals surface area contributed by atoms with Gasteiger partial charge in [-0.15, -0.1) is 0 Å². The maximum absolute atomic E-state index is 14.3. The highest BCUT2D eigenvalue weighted by Crippen LogP contribution is 2.29. The molecule has 2 aromatic rings.